The highest BCUT2D eigenvalue weighted by atomic mass is 19.1. The first-order chi connectivity index (χ1) is 11.3. The summed E-state index contributed by atoms with van der Waals surface area (Å²) in [5, 5.41) is 9.37. The minimum atomic E-state index is -0.557. The number of halogens is 1. The SMILES string of the molecule is CC(C)CC(C)(N)COc1ccc(-c2ccnc(F)c2)cc1C#N. The van der Waals surface area contributed by atoms with Crippen LogP contribution in [-0.4, -0.2) is 17.1 Å². The summed E-state index contributed by atoms with van der Waals surface area (Å²) in [6, 6.07) is 10.3. The molecule has 0 aliphatic carbocycles. The molecule has 0 aliphatic rings. The molecule has 126 valence electrons. The smallest absolute Gasteiger partial charge is 0.213 e. The summed E-state index contributed by atoms with van der Waals surface area (Å²) in [6.45, 7) is 6.47. The van der Waals surface area contributed by atoms with Crippen molar-refractivity contribution in [1.29, 1.82) is 5.26 Å². The standard InChI is InChI=1S/C19H22FN3O/c1-13(2)10-19(3,22)12-24-17-5-4-14(8-16(17)11-21)15-6-7-23-18(20)9-15/h4-9,13H,10,12,22H2,1-3H3. The van der Waals surface area contributed by atoms with E-state index in [2.05, 4.69) is 24.9 Å². The Bertz CT molecular complexity index is 751. The van der Waals surface area contributed by atoms with Crippen molar-refractivity contribution < 1.29 is 9.13 Å². The zero-order valence-electron chi connectivity index (χ0n) is 14.2. The molecule has 4 nitrogen and oxygen atoms in total. The van der Waals surface area contributed by atoms with Gasteiger partial charge in [0.25, 0.3) is 0 Å². The van der Waals surface area contributed by atoms with Crippen LogP contribution < -0.4 is 10.5 Å². The van der Waals surface area contributed by atoms with Crippen LogP contribution in [0.25, 0.3) is 11.1 Å². The van der Waals surface area contributed by atoms with Gasteiger partial charge >= 0.3 is 0 Å². The van der Waals surface area contributed by atoms with E-state index in [1.54, 1.807) is 24.3 Å². The van der Waals surface area contributed by atoms with Crippen LogP contribution in [0.4, 0.5) is 4.39 Å². The Morgan fingerprint density at radius 3 is 2.62 bits per heavy atom. The second kappa shape index (κ2) is 7.41. The predicted molar refractivity (Wildman–Crippen MR) is 91.9 cm³/mol. The largest absolute Gasteiger partial charge is 0.490 e. The number of nitriles is 1. The first-order valence-electron chi connectivity index (χ1n) is 7.88. The number of nitrogens with zero attached hydrogens (tertiary/aromatic N) is 2. The molecule has 1 heterocycles. The van der Waals surface area contributed by atoms with Crippen LogP contribution in [0.3, 0.4) is 0 Å². The van der Waals surface area contributed by atoms with Gasteiger partial charge in [0.05, 0.1) is 5.56 Å². The number of benzene rings is 1. The zero-order valence-corrected chi connectivity index (χ0v) is 14.2. The molecule has 1 aromatic carbocycles. The first-order valence-corrected chi connectivity index (χ1v) is 7.88. The number of nitrogens with two attached hydrogens (primary N) is 1. The molecular formula is C19H22FN3O. The van der Waals surface area contributed by atoms with Crippen LogP contribution in [-0.2, 0) is 0 Å². The first kappa shape index (κ1) is 17.9. The maximum Gasteiger partial charge on any atom is 0.213 e. The molecule has 24 heavy (non-hydrogen) atoms. The van der Waals surface area contributed by atoms with E-state index < -0.39 is 11.5 Å². The highest BCUT2D eigenvalue weighted by molar-refractivity contribution is 5.66. The van der Waals surface area contributed by atoms with Crippen molar-refractivity contribution in [3.63, 3.8) is 0 Å². The minimum Gasteiger partial charge on any atom is -0.490 e. The van der Waals surface area contributed by atoms with Crippen molar-refractivity contribution in [2.45, 2.75) is 32.7 Å². The zero-order chi connectivity index (χ0) is 17.7. The van der Waals surface area contributed by atoms with E-state index >= 15 is 0 Å². The van der Waals surface area contributed by atoms with Crippen LogP contribution in [0.5, 0.6) is 5.75 Å². The minimum absolute atomic E-state index is 0.323. The average molecular weight is 327 g/mol. The Morgan fingerprint density at radius 1 is 1.29 bits per heavy atom. The van der Waals surface area contributed by atoms with E-state index in [4.69, 9.17) is 10.5 Å². The summed E-state index contributed by atoms with van der Waals surface area (Å²) in [5.74, 6) is 0.387. The van der Waals surface area contributed by atoms with E-state index in [9.17, 15) is 9.65 Å². The van der Waals surface area contributed by atoms with Crippen LogP contribution in [0.1, 0.15) is 32.8 Å². The van der Waals surface area contributed by atoms with Crippen molar-refractivity contribution in [2.24, 2.45) is 11.7 Å². The van der Waals surface area contributed by atoms with E-state index in [-0.39, 0.29) is 0 Å². The molecule has 0 fully saturated rings. The number of pyridine rings is 1. The van der Waals surface area contributed by atoms with E-state index in [0.29, 0.717) is 29.4 Å². The lowest BCUT2D eigenvalue weighted by molar-refractivity contribution is 0.206. The van der Waals surface area contributed by atoms with Crippen molar-refractivity contribution in [3.05, 3.63) is 48.0 Å². The van der Waals surface area contributed by atoms with E-state index in [0.717, 1.165) is 12.0 Å². The summed E-state index contributed by atoms with van der Waals surface area (Å²) in [4.78, 5) is 3.54. The van der Waals surface area contributed by atoms with Gasteiger partial charge in [0.1, 0.15) is 18.4 Å². The predicted octanol–water partition coefficient (Wildman–Crippen LogP) is 3.90. The molecule has 0 radical (unpaired) electrons. The molecule has 0 saturated carbocycles. The van der Waals surface area contributed by atoms with Gasteiger partial charge in [-0.2, -0.15) is 9.65 Å². The van der Waals surface area contributed by atoms with Gasteiger partial charge in [0.15, 0.2) is 0 Å². The molecule has 2 aromatic rings. The monoisotopic (exact) mass is 327 g/mol. The number of aromatic nitrogens is 1. The topological polar surface area (TPSA) is 71.9 Å². The highest BCUT2D eigenvalue weighted by Crippen LogP contribution is 2.27. The summed E-state index contributed by atoms with van der Waals surface area (Å²) < 4.78 is 19.0. The van der Waals surface area contributed by atoms with Gasteiger partial charge in [-0.15, -0.1) is 0 Å². The molecule has 0 bridgehead atoms. The lowest BCUT2D eigenvalue weighted by atomic mass is 9.93. The van der Waals surface area contributed by atoms with Gasteiger partial charge in [0, 0.05) is 17.8 Å². The molecule has 1 aromatic heterocycles. The number of hydrogen-bond donors (Lipinski definition) is 1. The third-order valence-corrected chi connectivity index (χ3v) is 3.59. The molecule has 2 N–H and O–H groups in total. The van der Waals surface area contributed by atoms with Gasteiger partial charge in [-0.25, -0.2) is 4.98 Å². The molecule has 5 heteroatoms. The lowest BCUT2D eigenvalue weighted by Crippen LogP contribution is -2.43. The van der Waals surface area contributed by atoms with Crippen molar-refractivity contribution >= 4 is 0 Å². The molecule has 0 amide bonds. The summed E-state index contributed by atoms with van der Waals surface area (Å²) in [6.07, 6.45) is 2.22. The van der Waals surface area contributed by atoms with Crippen LogP contribution >= 0.6 is 0 Å². The maximum absolute atomic E-state index is 13.3. The Kier molecular flexibility index (Phi) is 5.53. The Balaban J connectivity index is 2.20. The maximum atomic E-state index is 13.3. The van der Waals surface area contributed by atoms with Gasteiger partial charge in [0.2, 0.25) is 5.95 Å². The van der Waals surface area contributed by atoms with Crippen molar-refractivity contribution in [3.8, 4) is 22.9 Å². The molecule has 1 atom stereocenters. The number of hydrogen-bond acceptors (Lipinski definition) is 4. The fraction of sp³-hybridized carbons (Fsp3) is 0.368. The summed E-state index contributed by atoms with van der Waals surface area (Å²) in [7, 11) is 0. The number of rotatable bonds is 6. The van der Waals surface area contributed by atoms with Gasteiger partial charge in [-0.05, 0) is 48.6 Å². The van der Waals surface area contributed by atoms with Gasteiger partial charge in [-0.1, -0.05) is 19.9 Å². The fourth-order valence-corrected chi connectivity index (χ4v) is 2.74. The molecular weight excluding hydrogens is 305 g/mol. The third-order valence-electron chi connectivity index (χ3n) is 3.59. The van der Waals surface area contributed by atoms with Gasteiger partial charge in [-0.3, -0.25) is 0 Å². The Morgan fingerprint density at radius 2 is 2.00 bits per heavy atom. The molecule has 0 spiro atoms. The quantitative estimate of drug-likeness (QED) is 0.817. The molecule has 0 saturated heterocycles. The second-order valence-corrected chi connectivity index (χ2v) is 6.73. The van der Waals surface area contributed by atoms with Gasteiger partial charge < -0.3 is 10.5 Å². The summed E-state index contributed by atoms with van der Waals surface area (Å²) >= 11 is 0. The normalized spacial score (nSPS) is 13.4. The van der Waals surface area contributed by atoms with Crippen LogP contribution in [0.2, 0.25) is 0 Å². The van der Waals surface area contributed by atoms with Crippen molar-refractivity contribution in [1.82, 2.24) is 4.98 Å². The Labute approximate surface area is 142 Å². The van der Waals surface area contributed by atoms with Crippen LogP contribution in [0.15, 0.2) is 36.5 Å². The highest BCUT2D eigenvalue weighted by Gasteiger charge is 2.21. The number of ether oxygens (including phenoxy) is 1. The van der Waals surface area contributed by atoms with E-state index in [1.807, 2.05) is 6.92 Å². The summed E-state index contributed by atoms with van der Waals surface area (Å²) in [5.41, 5.74) is 7.56. The second-order valence-electron chi connectivity index (χ2n) is 6.73. The van der Waals surface area contributed by atoms with Crippen LogP contribution in [0, 0.1) is 23.2 Å². The third kappa shape index (κ3) is 4.77. The molecule has 2 rings (SSSR count). The van der Waals surface area contributed by atoms with Crippen molar-refractivity contribution in [2.75, 3.05) is 6.61 Å². The lowest BCUT2D eigenvalue weighted by Gasteiger charge is -2.26. The molecule has 0 aliphatic heterocycles. The van der Waals surface area contributed by atoms with E-state index in [1.165, 1.54) is 12.3 Å². The average Bonchev–Trinajstić information content (AvgIpc) is 2.51. The molecule has 1 unspecified atom stereocenters. The fourth-order valence-electron chi connectivity index (χ4n) is 2.74. The Hall–Kier alpha value is -2.45.